The van der Waals surface area contributed by atoms with Gasteiger partial charge in [0.1, 0.15) is 30.9 Å². The Morgan fingerprint density at radius 3 is 2.79 bits per heavy atom. The molecule has 28 heavy (non-hydrogen) atoms. The van der Waals surface area contributed by atoms with Crippen LogP contribution in [0.1, 0.15) is 5.56 Å². The molecule has 142 valence electrons. The monoisotopic (exact) mass is 379 g/mol. The molecular formula is C21H21N3O4+2. The van der Waals surface area contributed by atoms with Gasteiger partial charge in [0.05, 0.1) is 18.8 Å². The van der Waals surface area contributed by atoms with E-state index in [1.54, 1.807) is 18.2 Å². The Balaban J connectivity index is 1.61. The Bertz CT molecular complexity index is 1190. The number of ether oxygens (including phenoxy) is 1. The molecule has 1 saturated heterocycles. The molecule has 1 aliphatic rings. The van der Waals surface area contributed by atoms with Crippen molar-refractivity contribution in [3.63, 3.8) is 0 Å². The smallest absolute Gasteiger partial charge is 0.352 e. The van der Waals surface area contributed by atoms with Crippen molar-refractivity contribution >= 4 is 22.0 Å². The number of morpholine rings is 1. The molecular weight excluding hydrogens is 358 g/mol. The number of aromatic amines is 2. The third-order valence-corrected chi connectivity index (χ3v) is 5.32. The van der Waals surface area contributed by atoms with Gasteiger partial charge in [-0.3, -0.25) is 0 Å². The number of fused-ring (bicyclic) bond motifs is 2. The van der Waals surface area contributed by atoms with Crippen LogP contribution in [0.3, 0.4) is 0 Å². The lowest BCUT2D eigenvalue weighted by Crippen LogP contribution is -3.12. The number of phenols is 1. The minimum atomic E-state index is -0.445. The molecule has 4 aromatic rings. The minimum Gasteiger partial charge on any atom is -0.507 e. The maximum absolute atomic E-state index is 12.8. The Morgan fingerprint density at radius 2 is 1.96 bits per heavy atom. The predicted octanol–water partition coefficient (Wildman–Crippen LogP) is 0.876. The molecule has 0 spiro atoms. The number of imidazole rings is 1. The van der Waals surface area contributed by atoms with Gasteiger partial charge in [0.15, 0.2) is 16.6 Å². The first-order chi connectivity index (χ1) is 13.7. The molecule has 5 rings (SSSR count). The van der Waals surface area contributed by atoms with Crippen molar-refractivity contribution in [2.75, 3.05) is 26.3 Å². The number of quaternary nitrogens is 1. The van der Waals surface area contributed by atoms with E-state index in [4.69, 9.17) is 9.15 Å². The van der Waals surface area contributed by atoms with Gasteiger partial charge in [-0.1, -0.05) is 12.1 Å². The molecule has 1 fully saturated rings. The maximum Gasteiger partial charge on any atom is 0.352 e. The number of para-hydroxylation sites is 2. The molecule has 0 radical (unpaired) electrons. The molecule has 3 heterocycles. The fourth-order valence-electron chi connectivity index (χ4n) is 3.80. The number of rotatable bonds is 3. The predicted molar refractivity (Wildman–Crippen MR) is 103 cm³/mol. The fraction of sp³-hybridized carbons (Fsp3) is 0.238. The average Bonchev–Trinajstić information content (AvgIpc) is 3.15. The number of hydrogen-bond donors (Lipinski definition) is 3. The minimum absolute atomic E-state index is 0.152. The van der Waals surface area contributed by atoms with Gasteiger partial charge in [0, 0.05) is 5.39 Å². The third kappa shape index (κ3) is 2.94. The van der Waals surface area contributed by atoms with Crippen molar-refractivity contribution in [3.8, 4) is 17.1 Å². The van der Waals surface area contributed by atoms with Gasteiger partial charge in [-0.05, 0) is 30.3 Å². The summed E-state index contributed by atoms with van der Waals surface area (Å²) in [5.41, 5.74) is 2.93. The number of nitrogens with one attached hydrogen (secondary N) is 3. The highest BCUT2D eigenvalue weighted by atomic mass is 16.5. The zero-order valence-corrected chi connectivity index (χ0v) is 15.2. The van der Waals surface area contributed by atoms with Crippen LogP contribution >= 0.6 is 0 Å². The van der Waals surface area contributed by atoms with Crippen LogP contribution in [0.2, 0.25) is 0 Å². The molecule has 2 aromatic carbocycles. The van der Waals surface area contributed by atoms with Crippen LogP contribution in [0.15, 0.2) is 51.7 Å². The molecule has 1 aliphatic heterocycles. The second kappa shape index (κ2) is 6.78. The summed E-state index contributed by atoms with van der Waals surface area (Å²) in [6, 6.07) is 13.0. The van der Waals surface area contributed by atoms with E-state index in [-0.39, 0.29) is 5.75 Å². The highest BCUT2D eigenvalue weighted by molar-refractivity contribution is 5.85. The summed E-state index contributed by atoms with van der Waals surface area (Å²) in [5.74, 6) is 0.754. The second-order valence-electron chi connectivity index (χ2n) is 7.14. The summed E-state index contributed by atoms with van der Waals surface area (Å²) in [5, 5.41) is 11.2. The number of phenolic OH excluding ortho intramolecular Hbond substituents is 1. The second-order valence-corrected chi connectivity index (χ2v) is 7.14. The highest BCUT2D eigenvalue weighted by Crippen LogP contribution is 2.28. The van der Waals surface area contributed by atoms with E-state index in [9.17, 15) is 9.90 Å². The van der Waals surface area contributed by atoms with Gasteiger partial charge in [0.2, 0.25) is 0 Å². The summed E-state index contributed by atoms with van der Waals surface area (Å²) < 4.78 is 11.1. The molecule has 4 N–H and O–H groups in total. The van der Waals surface area contributed by atoms with Crippen molar-refractivity contribution in [3.05, 3.63) is 58.4 Å². The number of aromatic hydroxyl groups is 1. The Morgan fingerprint density at radius 1 is 1.14 bits per heavy atom. The molecule has 7 heteroatoms. The first kappa shape index (κ1) is 17.0. The van der Waals surface area contributed by atoms with Gasteiger partial charge in [-0.15, -0.1) is 0 Å². The number of benzene rings is 2. The van der Waals surface area contributed by atoms with Crippen molar-refractivity contribution < 1.29 is 24.1 Å². The summed E-state index contributed by atoms with van der Waals surface area (Å²) in [4.78, 5) is 20.5. The standard InChI is InChI=1S/C21H19N3O4/c25-18-6-5-13-11-14(20-22-16-3-1-2-4-17(16)23-20)21(26)28-19(13)15(18)12-24-7-9-27-10-8-24/h1-6,11,25H,7-10,12H2,(H,22,23)/p+2. The zero-order valence-electron chi connectivity index (χ0n) is 15.2. The maximum atomic E-state index is 12.8. The van der Waals surface area contributed by atoms with Crippen molar-refractivity contribution in [1.29, 1.82) is 0 Å². The number of aromatic nitrogens is 2. The van der Waals surface area contributed by atoms with E-state index in [0.717, 1.165) is 29.5 Å². The topological polar surface area (TPSA) is 94.0 Å². The Hall–Kier alpha value is -3.16. The van der Waals surface area contributed by atoms with Crippen LogP contribution in [0.4, 0.5) is 0 Å². The number of hydrogen-bond acceptors (Lipinski definition) is 4. The molecule has 0 saturated carbocycles. The highest BCUT2D eigenvalue weighted by Gasteiger charge is 2.22. The van der Waals surface area contributed by atoms with Crippen LogP contribution < -0.4 is 15.5 Å². The van der Waals surface area contributed by atoms with E-state index in [2.05, 4.69) is 9.97 Å². The van der Waals surface area contributed by atoms with Crippen LogP contribution in [-0.2, 0) is 11.3 Å². The van der Waals surface area contributed by atoms with Gasteiger partial charge in [0.25, 0.3) is 5.82 Å². The summed E-state index contributed by atoms with van der Waals surface area (Å²) >= 11 is 0. The van der Waals surface area contributed by atoms with E-state index in [0.29, 0.717) is 42.3 Å². The van der Waals surface area contributed by atoms with Crippen LogP contribution in [0.25, 0.3) is 33.4 Å². The Kier molecular flexibility index (Phi) is 4.11. The van der Waals surface area contributed by atoms with Gasteiger partial charge in [-0.2, -0.15) is 0 Å². The molecule has 0 aliphatic carbocycles. The Labute approximate surface area is 160 Å². The quantitative estimate of drug-likeness (QED) is 0.461. The average molecular weight is 379 g/mol. The van der Waals surface area contributed by atoms with E-state index in [1.165, 1.54) is 4.90 Å². The summed E-state index contributed by atoms with van der Waals surface area (Å²) in [6.07, 6.45) is 0. The summed E-state index contributed by atoms with van der Waals surface area (Å²) in [6.45, 7) is 3.72. The molecule has 2 aromatic heterocycles. The largest absolute Gasteiger partial charge is 0.507 e. The normalized spacial score (nSPS) is 15.4. The molecule has 7 nitrogen and oxygen atoms in total. The first-order valence-corrected chi connectivity index (χ1v) is 9.39. The lowest BCUT2D eigenvalue weighted by molar-refractivity contribution is -0.921. The van der Waals surface area contributed by atoms with Crippen molar-refractivity contribution in [1.82, 2.24) is 4.98 Å². The van der Waals surface area contributed by atoms with Gasteiger partial charge in [-0.25, -0.2) is 14.8 Å². The third-order valence-electron chi connectivity index (χ3n) is 5.32. The first-order valence-electron chi connectivity index (χ1n) is 9.39. The van der Waals surface area contributed by atoms with Gasteiger partial charge >= 0.3 is 5.63 Å². The fourth-order valence-corrected chi connectivity index (χ4v) is 3.80. The van der Waals surface area contributed by atoms with Gasteiger partial charge < -0.3 is 19.2 Å². The molecule has 0 atom stereocenters. The van der Waals surface area contributed by atoms with Crippen LogP contribution in [0.5, 0.6) is 5.75 Å². The molecule has 0 amide bonds. The van der Waals surface area contributed by atoms with Crippen LogP contribution in [0, 0.1) is 0 Å². The lowest BCUT2D eigenvalue weighted by atomic mass is 10.1. The lowest BCUT2D eigenvalue weighted by Gasteiger charge is -2.24. The van der Waals surface area contributed by atoms with E-state index in [1.807, 2.05) is 24.3 Å². The van der Waals surface area contributed by atoms with Crippen molar-refractivity contribution in [2.24, 2.45) is 0 Å². The SMILES string of the molecule is O=c1oc2c(C[NH+]3CCOCC3)c(O)ccc2cc1-c1[nH]c2ccccc2[nH+]1. The van der Waals surface area contributed by atoms with Crippen molar-refractivity contribution in [2.45, 2.75) is 6.54 Å². The molecule has 0 unspecified atom stereocenters. The van der Waals surface area contributed by atoms with E-state index >= 15 is 0 Å². The zero-order chi connectivity index (χ0) is 19.1. The van der Waals surface area contributed by atoms with Crippen LogP contribution in [-0.4, -0.2) is 36.4 Å². The summed E-state index contributed by atoms with van der Waals surface area (Å²) in [7, 11) is 0. The van der Waals surface area contributed by atoms with E-state index < -0.39 is 5.63 Å². The molecule has 0 bridgehead atoms. The number of H-pyrrole nitrogens is 2.